The highest BCUT2D eigenvalue weighted by Gasteiger charge is 2.12. The van der Waals surface area contributed by atoms with Gasteiger partial charge >= 0.3 is 0 Å². The number of alkyl halides is 2. The Morgan fingerprint density at radius 1 is 1.64 bits per heavy atom. The Kier molecular flexibility index (Phi) is 2.22. The predicted octanol–water partition coefficient (Wildman–Crippen LogP) is 1.92. The first kappa shape index (κ1) is 8.17. The van der Waals surface area contributed by atoms with Crippen molar-refractivity contribution in [2.24, 2.45) is 7.05 Å². The molecule has 11 heavy (non-hydrogen) atoms. The van der Waals surface area contributed by atoms with Crippen LogP contribution in [0.4, 0.5) is 8.78 Å². The molecule has 1 rings (SSSR count). The molecule has 0 N–H and O–H groups in total. The predicted molar refractivity (Wildman–Crippen MR) is 37.5 cm³/mol. The second-order valence-corrected chi connectivity index (χ2v) is 2.34. The first-order chi connectivity index (χ1) is 5.15. The third kappa shape index (κ3) is 1.56. The van der Waals surface area contributed by atoms with Gasteiger partial charge in [0.05, 0.1) is 0 Å². The van der Waals surface area contributed by atoms with Crippen LogP contribution < -0.4 is 0 Å². The molecule has 0 amide bonds. The zero-order valence-corrected chi connectivity index (χ0v) is 6.51. The summed E-state index contributed by atoms with van der Waals surface area (Å²) < 4.78 is 25.5. The lowest BCUT2D eigenvalue weighted by molar-refractivity contribution is 0.145. The highest BCUT2D eigenvalue weighted by Crippen LogP contribution is 2.17. The topological polar surface area (TPSA) is 17.8 Å². The van der Waals surface area contributed by atoms with Gasteiger partial charge in [-0.15, -0.1) is 0 Å². The fourth-order valence-electron chi connectivity index (χ4n) is 0.968. The van der Waals surface area contributed by atoms with E-state index in [0.29, 0.717) is 0 Å². The van der Waals surface area contributed by atoms with Gasteiger partial charge in [0, 0.05) is 12.7 Å². The summed E-state index contributed by atoms with van der Waals surface area (Å²) in [5, 5.41) is 3.65. The first-order valence-electron chi connectivity index (χ1n) is 3.46. The monoisotopic (exact) mass is 160 g/mol. The lowest BCUT2D eigenvalue weighted by Crippen LogP contribution is -1.96. The molecule has 0 bridgehead atoms. The fraction of sp³-hybridized carbons (Fsp3) is 0.571. The summed E-state index contributed by atoms with van der Waals surface area (Å²) in [5.74, 6) is 0. The maximum Gasteiger partial charge on any atom is 0.282 e. The number of nitrogens with zero attached hydrogens (tertiary/aromatic N) is 2. The zero-order chi connectivity index (χ0) is 8.43. The van der Waals surface area contributed by atoms with Crippen molar-refractivity contribution in [3.8, 4) is 0 Å². The van der Waals surface area contributed by atoms with Gasteiger partial charge in [-0.2, -0.15) is 5.10 Å². The Balaban J connectivity index is 2.95. The summed E-state index contributed by atoms with van der Waals surface area (Å²) in [6.45, 7) is 1.91. The van der Waals surface area contributed by atoms with Crippen LogP contribution in [0.2, 0.25) is 0 Å². The molecule has 4 heteroatoms. The summed E-state index contributed by atoms with van der Waals surface area (Å²) >= 11 is 0. The number of rotatable bonds is 2. The van der Waals surface area contributed by atoms with Gasteiger partial charge in [-0.1, -0.05) is 6.92 Å². The SMILES string of the molecule is CCc1cc(C(F)F)nn1C. The maximum absolute atomic E-state index is 12.0. The number of hydrogen-bond donors (Lipinski definition) is 0. The third-order valence-electron chi connectivity index (χ3n) is 1.58. The molecule has 62 valence electrons. The Bertz CT molecular complexity index is 243. The van der Waals surface area contributed by atoms with E-state index in [1.54, 1.807) is 7.05 Å². The molecule has 0 saturated heterocycles. The highest BCUT2D eigenvalue weighted by molar-refractivity contribution is 5.10. The minimum absolute atomic E-state index is 0.135. The Morgan fingerprint density at radius 3 is 2.55 bits per heavy atom. The van der Waals surface area contributed by atoms with Gasteiger partial charge in [0.1, 0.15) is 5.69 Å². The molecular formula is C7H10F2N2. The van der Waals surface area contributed by atoms with Crippen LogP contribution in [0.5, 0.6) is 0 Å². The van der Waals surface area contributed by atoms with Crippen LogP contribution in [0, 0.1) is 0 Å². The van der Waals surface area contributed by atoms with Gasteiger partial charge < -0.3 is 0 Å². The number of halogens is 2. The van der Waals surface area contributed by atoms with Gasteiger partial charge in [-0.25, -0.2) is 8.78 Å². The largest absolute Gasteiger partial charge is 0.282 e. The molecule has 1 heterocycles. The number of aromatic nitrogens is 2. The molecule has 2 nitrogen and oxygen atoms in total. The molecule has 0 aliphatic rings. The average Bonchev–Trinajstić information content (AvgIpc) is 2.31. The first-order valence-corrected chi connectivity index (χ1v) is 3.46. The van der Waals surface area contributed by atoms with Crippen molar-refractivity contribution in [2.45, 2.75) is 19.8 Å². The number of hydrogen-bond acceptors (Lipinski definition) is 1. The van der Waals surface area contributed by atoms with Crippen LogP contribution in [0.1, 0.15) is 24.7 Å². The quantitative estimate of drug-likeness (QED) is 0.646. The second kappa shape index (κ2) is 2.98. The van der Waals surface area contributed by atoms with Crippen LogP contribution in [0.25, 0.3) is 0 Å². The van der Waals surface area contributed by atoms with Crippen molar-refractivity contribution < 1.29 is 8.78 Å². The van der Waals surface area contributed by atoms with Crippen molar-refractivity contribution in [1.29, 1.82) is 0 Å². The smallest absolute Gasteiger partial charge is 0.272 e. The lowest BCUT2D eigenvalue weighted by atomic mass is 10.3. The summed E-state index contributed by atoms with van der Waals surface area (Å²) in [6.07, 6.45) is -1.72. The van der Waals surface area contributed by atoms with Gasteiger partial charge in [-0.3, -0.25) is 4.68 Å². The van der Waals surface area contributed by atoms with E-state index in [1.807, 2.05) is 6.92 Å². The van der Waals surface area contributed by atoms with Crippen LogP contribution in [0.3, 0.4) is 0 Å². The summed E-state index contributed by atoms with van der Waals surface area (Å²) in [6, 6.07) is 1.44. The van der Waals surface area contributed by atoms with E-state index >= 15 is 0 Å². The average molecular weight is 160 g/mol. The third-order valence-corrected chi connectivity index (χ3v) is 1.58. The van der Waals surface area contributed by atoms with Crippen LogP contribution in [0.15, 0.2) is 6.07 Å². The standard InChI is InChI=1S/C7H10F2N2/c1-3-5-4-6(7(8)9)10-11(5)2/h4,7H,3H2,1-2H3. The van der Waals surface area contributed by atoms with E-state index in [0.717, 1.165) is 12.1 Å². The molecule has 0 aromatic carbocycles. The Hall–Kier alpha value is -0.930. The Morgan fingerprint density at radius 2 is 2.27 bits per heavy atom. The number of aryl methyl sites for hydroxylation is 2. The normalized spacial score (nSPS) is 11.0. The van der Waals surface area contributed by atoms with Crippen molar-refractivity contribution in [3.63, 3.8) is 0 Å². The minimum atomic E-state index is -2.46. The molecule has 0 saturated carbocycles. The molecular weight excluding hydrogens is 150 g/mol. The lowest BCUT2D eigenvalue weighted by Gasteiger charge is -1.93. The molecule has 1 aromatic heterocycles. The van der Waals surface area contributed by atoms with Crippen molar-refractivity contribution in [1.82, 2.24) is 9.78 Å². The fourth-order valence-corrected chi connectivity index (χ4v) is 0.968. The van der Waals surface area contributed by atoms with Crippen molar-refractivity contribution >= 4 is 0 Å². The zero-order valence-electron chi connectivity index (χ0n) is 6.51. The Labute approximate surface area is 63.8 Å². The van der Waals surface area contributed by atoms with Crippen molar-refractivity contribution in [3.05, 3.63) is 17.5 Å². The van der Waals surface area contributed by atoms with Gasteiger partial charge in [0.25, 0.3) is 6.43 Å². The van der Waals surface area contributed by atoms with Crippen molar-refractivity contribution in [2.75, 3.05) is 0 Å². The van der Waals surface area contributed by atoms with E-state index in [1.165, 1.54) is 10.7 Å². The molecule has 1 aromatic rings. The maximum atomic E-state index is 12.0. The molecule has 0 aliphatic carbocycles. The molecule has 0 fully saturated rings. The summed E-state index contributed by atoms with van der Waals surface area (Å²) in [7, 11) is 1.67. The van der Waals surface area contributed by atoms with Crippen LogP contribution >= 0.6 is 0 Å². The van der Waals surface area contributed by atoms with E-state index < -0.39 is 6.43 Å². The molecule has 0 atom stereocenters. The van der Waals surface area contributed by atoms with E-state index in [2.05, 4.69) is 5.10 Å². The van der Waals surface area contributed by atoms with E-state index in [-0.39, 0.29) is 5.69 Å². The van der Waals surface area contributed by atoms with E-state index in [9.17, 15) is 8.78 Å². The second-order valence-electron chi connectivity index (χ2n) is 2.34. The minimum Gasteiger partial charge on any atom is -0.272 e. The molecule has 0 unspecified atom stereocenters. The summed E-state index contributed by atoms with van der Waals surface area (Å²) in [5.41, 5.74) is 0.699. The van der Waals surface area contributed by atoms with Crippen LogP contribution in [-0.4, -0.2) is 9.78 Å². The van der Waals surface area contributed by atoms with Gasteiger partial charge in [0.2, 0.25) is 0 Å². The molecule has 0 aliphatic heterocycles. The summed E-state index contributed by atoms with van der Waals surface area (Å²) in [4.78, 5) is 0. The molecule has 0 radical (unpaired) electrons. The molecule has 0 spiro atoms. The highest BCUT2D eigenvalue weighted by atomic mass is 19.3. The van der Waals surface area contributed by atoms with Crippen LogP contribution in [-0.2, 0) is 13.5 Å². The van der Waals surface area contributed by atoms with Gasteiger partial charge in [0.15, 0.2) is 0 Å². The van der Waals surface area contributed by atoms with Gasteiger partial charge in [-0.05, 0) is 12.5 Å². The van der Waals surface area contributed by atoms with E-state index in [4.69, 9.17) is 0 Å².